The zero-order valence-electron chi connectivity index (χ0n) is 7.40. The maximum absolute atomic E-state index is 10.9. The Hall–Kier alpha value is -1.64. The van der Waals surface area contributed by atoms with Gasteiger partial charge in [-0.25, -0.2) is 0 Å². The molecule has 0 aliphatic carbocycles. The van der Waals surface area contributed by atoms with Crippen molar-refractivity contribution in [3.8, 4) is 0 Å². The van der Waals surface area contributed by atoms with Gasteiger partial charge in [0.1, 0.15) is 5.71 Å². The molecular weight excluding hydrogens is 166 g/mol. The highest BCUT2D eigenvalue weighted by Crippen LogP contribution is 2.01. The molecule has 0 atom stereocenters. The van der Waals surface area contributed by atoms with E-state index < -0.39 is 0 Å². The summed E-state index contributed by atoms with van der Waals surface area (Å²) in [5.74, 6) is -0.202. The molecule has 1 aromatic carbocycles. The highest BCUT2D eigenvalue weighted by atomic mass is 16.4. The van der Waals surface area contributed by atoms with Crippen molar-refractivity contribution in [3.05, 3.63) is 35.9 Å². The first-order chi connectivity index (χ1) is 6.24. The van der Waals surface area contributed by atoms with Crippen LogP contribution in [0.15, 0.2) is 35.5 Å². The van der Waals surface area contributed by atoms with Crippen molar-refractivity contribution in [2.45, 2.75) is 13.3 Å². The molecule has 0 aromatic heterocycles. The Morgan fingerprint density at radius 1 is 1.38 bits per heavy atom. The normalized spacial score (nSPS) is 11.3. The third-order valence-corrected chi connectivity index (χ3v) is 1.74. The van der Waals surface area contributed by atoms with Gasteiger partial charge in [-0.15, -0.1) is 0 Å². The second-order valence-corrected chi connectivity index (χ2v) is 2.77. The van der Waals surface area contributed by atoms with Gasteiger partial charge in [-0.1, -0.05) is 35.5 Å². The Kier molecular flexibility index (Phi) is 3.20. The predicted octanol–water partition coefficient (Wildman–Crippen LogP) is 1.65. The summed E-state index contributed by atoms with van der Waals surface area (Å²) < 4.78 is 0. The zero-order chi connectivity index (χ0) is 9.68. The first-order valence-electron chi connectivity index (χ1n) is 4.00. The van der Waals surface area contributed by atoms with Crippen LogP contribution in [0.4, 0.5) is 0 Å². The fraction of sp³-hybridized carbons (Fsp3) is 0.200. The van der Waals surface area contributed by atoms with E-state index in [1.54, 1.807) is 0 Å². The summed E-state index contributed by atoms with van der Waals surface area (Å²) in [6.07, 6.45) is 0.382. The summed E-state index contributed by atoms with van der Waals surface area (Å²) in [5.41, 5.74) is 1.15. The van der Waals surface area contributed by atoms with Crippen LogP contribution in [-0.2, 0) is 11.2 Å². The molecule has 0 bridgehead atoms. The summed E-state index contributed by atoms with van der Waals surface area (Å²) in [6.45, 7) is 1.39. The number of hydrogen-bond acceptors (Lipinski definition) is 3. The number of Topliss-reactive ketones (excluding diaryl/α,β-unsaturated/α-hetero) is 1. The van der Waals surface area contributed by atoms with E-state index in [0.717, 1.165) is 5.56 Å². The van der Waals surface area contributed by atoms with Crippen LogP contribution in [0.25, 0.3) is 0 Å². The topological polar surface area (TPSA) is 49.7 Å². The first kappa shape index (κ1) is 9.45. The van der Waals surface area contributed by atoms with E-state index in [-0.39, 0.29) is 11.5 Å². The number of ketones is 1. The lowest BCUT2D eigenvalue weighted by molar-refractivity contribution is -0.111. The molecule has 13 heavy (non-hydrogen) atoms. The van der Waals surface area contributed by atoms with Crippen molar-refractivity contribution < 1.29 is 10.0 Å². The van der Waals surface area contributed by atoms with Crippen molar-refractivity contribution in [2.75, 3.05) is 0 Å². The van der Waals surface area contributed by atoms with Crippen molar-refractivity contribution in [1.29, 1.82) is 0 Å². The Morgan fingerprint density at radius 2 is 2.00 bits per heavy atom. The Bertz CT molecular complexity index is 317. The highest BCUT2D eigenvalue weighted by Gasteiger charge is 2.06. The van der Waals surface area contributed by atoms with E-state index in [0.29, 0.717) is 6.42 Å². The fourth-order valence-corrected chi connectivity index (χ4v) is 1.02. The minimum Gasteiger partial charge on any atom is -0.411 e. The van der Waals surface area contributed by atoms with Crippen LogP contribution >= 0.6 is 0 Å². The molecule has 68 valence electrons. The van der Waals surface area contributed by atoms with Crippen LogP contribution in [-0.4, -0.2) is 16.7 Å². The van der Waals surface area contributed by atoms with Crippen molar-refractivity contribution in [1.82, 2.24) is 0 Å². The van der Waals surface area contributed by atoms with Crippen LogP contribution in [0.3, 0.4) is 0 Å². The molecular formula is C10H11NO2. The van der Waals surface area contributed by atoms with Gasteiger partial charge in [-0.3, -0.25) is 4.79 Å². The summed E-state index contributed by atoms with van der Waals surface area (Å²) in [5, 5.41) is 11.5. The van der Waals surface area contributed by atoms with Crippen LogP contribution < -0.4 is 0 Å². The second kappa shape index (κ2) is 4.40. The second-order valence-electron chi connectivity index (χ2n) is 2.77. The average molecular weight is 177 g/mol. The maximum atomic E-state index is 10.9. The van der Waals surface area contributed by atoms with Gasteiger partial charge in [-0.2, -0.15) is 0 Å². The van der Waals surface area contributed by atoms with E-state index in [1.807, 2.05) is 30.3 Å². The van der Waals surface area contributed by atoms with E-state index in [4.69, 9.17) is 5.21 Å². The molecule has 0 amide bonds. The molecule has 0 fully saturated rings. The van der Waals surface area contributed by atoms with Crippen LogP contribution in [0.2, 0.25) is 0 Å². The Balaban J connectivity index is 2.74. The van der Waals surface area contributed by atoms with Gasteiger partial charge in [-0.05, 0) is 5.56 Å². The zero-order valence-corrected chi connectivity index (χ0v) is 7.40. The molecule has 0 saturated carbocycles. The van der Waals surface area contributed by atoms with Crippen LogP contribution in [0, 0.1) is 0 Å². The molecule has 1 aromatic rings. The number of nitrogens with zero attached hydrogens (tertiary/aromatic N) is 1. The van der Waals surface area contributed by atoms with Crippen LogP contribution in [0.5, 0.6) is 0 Å². The first-order valence-corrected chi connectivity index (χ1v) is 4.00. The molecule has 3 heteroatoms. The van der Waals surface area contributed by atoms with Gasteiger partial charge in [0.2, 0.25) is 0 Å². The summed E-state index contributed by atoms with van der Waals surface area (Å²) in [7, 11) is 0. The largest absolute Gasteiger partial charge is 0.411 e. The standard InChI is InChI=1S/C10H11NO2/c1-8(12)10(11-13)7-9-5-3-2-4-6-9/h2-6,13H,7H2,1H3/b11-10+. The number of hydrogen-bond donors (Lipinski definition) is 1. The number of carbonyl (C=O) groups excluding carboxylic acids is 1. The molecule has 3 nitrogen and oxygen atoms in total. The monoisotopic (exact) mass is 177 g/mol. The van der Waals surface area contributed by atoms with Gasteiger partial charge in [0.25, 0.3) is 0 Å². The molecule has 1 rings (SSSR count). The lowest BCUT2D eigenvalue weighted by Gasteiger charge is -1.99. The van der Waals surface area contributed by atoms with E-state index in [9.17, 15) is 4.79 Å². The van der Waals surface area contributed by atoms with E-state index >= 15 is 0 Å². The number of carbonyl (C=O) groups is 1. The third-order valence-electron chi connectivity index (χ3n) is 1.74. The van der Waals surface area contributed by atoms with Gasteiger partial charge < -0.3 is 5.21 Å². The minimum atomic E-state index is -0.202. The van der Waals surface area contributed by atoms with Gasteiger partial charge in [0.15, 0.2) is 5.78 Å². The lowest BCUT2D eigenvalue weighted by atomic mass is 10.1. The van der Waals surface area contributed by atoms with Gasteiger partial charge in [0.05, 0.1) is 0 Å². The van der Waals surface area contributed by atoms with Crippen molar-refractivity contribution in [3.63, 3.8) is 0 Å². The van der Waals surface area contributed by atoms with E-state index in [2.05, 4.69) is 5.16 Å². The van der Waals surface area contributed by atoms with Gasteiger partial charge in [0, 0.05) is 13.3 Å². The molecule has 1 N–H and O–H groups in total. The van der Waals surface area contributed by atoms with Crippen LogP contribution in [0.1, 0.15) is 12.5 Å². The maximum Gasteiger partial charge on any atom is 0.177 e. The quantitative estimate of drug-likeness (QED) is 0.433. The van der Waals surface area contributed by atoms with E-state index in [1.165, 1.54) is 6.92 Å². The number of oxime groups is 1. The molecule has 0 radical (unpaired) electrons. The molecule has 0 unspecified atom stereocenters. The molecule has 0 aliphatic rings. The Morgan fingerprint density at radius 3 is 2.46 bits per heavy atom. The summed E-state index contributed by atoms with van der Waals surface area (Å²) in [6, 6.07) is 9.42. The molecule has 0 saturated heterocycles. The smallest absolute Gasteiger partial charge is 0.177 e. The molecule has 0 aliphatic heterocycles. The molecule has 0 heterocycles. The Labute approximate surface area is 76.7 Å². The average Bonchev–Trinajstić information content (AvgIpc) is 2.15. The number of benzene rings is 1. The van der Waals surface area contributed by atoms with Gasteiger partial charge >= 0.3 is 0 Å². The molecule has 0 spiro atoms. The SMILES string of the molecule is CC(=O)/C(Cc1ccccc1)=N/O. The highest BCUT2D eigenvalue weighted by molar-refractivity contribution is 6.39. The number of rotatable bonds is 3. The minimum absolute atomic E-state index is 0.186. The summed E-state index contributed by atoms with van der Waals surface area (Å²) >= 11 is 0. The fourth-order valence-electron chi connectivity index (χ4n) is 1.02. The predicted molar refractivity (Wildman–Crippen MR) is 50.0 cm³/mol. The third kappa shape index (κ3) is 2.71. The lowest BCUT2D eigenvalue weighted by Crippen LogP contribution is -2.13. The summed E-state index contributed by atoms with van der Waals surface area (Å²) in [4.78, 5) is 10.9. The van der Waals surface area contributed by atoms with Crippen molar-refractivity contribution in [2.24, 2.45) is 5.16 Å². The van der Waals surface area contributed by atoms with Crippen molar-refractivity contribution >= 4 is 11.5 Å².